The minimum absolute atomic E-state index is 0.168. The lowest BCUT2D eigenvalue weighted by Gasteiger charge is -2.08. The number of ether oxygens (including phenoxy) is 2. The molecule has 0 aliphatic rings. The van der Waals surface area contributed by atoms with Crippen molar-refractivity contribution in [2.45, 2.75) is 6.92 Å². The summed E-state index contributed by atoms with van der Waals surface area (Å²) in [5, 5.41) is 12.3. The second-order valence-electron chi connectivity index (χ2n) is 6.48. The van der Waals surface area contributed by atoms with E-state index in [-0.39, 0.29) is 17.7 Å². The molecule has 0 unspecified atom stereocenters. The highest BCUT2D eigenvalue weighted by Gasteiger charge is 2.22. The first-order chi connectivity index (χ1) is 14.8. The average molecular weight is 443 g/mol. The number of aliphatic imine (C=N–C) groups is 1. The van der Waals surface area contributed by atoms with Crippen molar-refractivity contribution in [2.24, 2.45) is 19.1 Å². The first-order valence-corrected chi connectivity index (χ1v) is 10.1. The Labute approximate surface area is 181 Å². The van der Waals surface area contributed by atoms with Crippen LogP contribution in [0.3, 0.4) is 0 Å². The van der Waals surface area contributed by atoms with E-state index in [2.05, 4.69) is 4.99 Å². The topological polar surface area (TPSA) is 112 Å². The van der Waals surface area contributed by atoms with Gasteiger partial charge in [-0.1, -0.05) is 12.1 Å². The van der Waals surface area contributed by atoms with E-state index in [0.717, 1.165) is 20.9 Å². The Bertz CT molecular complexity index is 1270. The summed E-state index contributed by atoms with van der Waals surface area (Å²) >= 11 is 1.19. The fourth-order valence-corrected chi connectivity index (χ4v) is 3.83. The zero-order valence-corrected chi connectivity index (χ0v) is 18.2. The van der Waals surface area contributed by atoms with Gasteiger partial charge in [-0.15, -0.1) is 11.3 Å². The number of nitrogens with zero attached hydrogens (tertiary/aromatic N) is 3. The van der Waals surface area contributed by atoms with Crippen molar-refractivity contribution in [3.63, 3.8) is 0 Å². The molecule has 31 heavy (non-hydrogen) atoms. The van der Waals surface area contributed by atoms with E-state index in [1.165, 1.54) is 25.4 Å². The Morgan fingerprint density at radius 3 is 2.48 bits per heavy atom. The largest absolute Gasteiger partial charge is 0.497 e. The lowest BCUT2D eigenvalue weighted by Crippen LogP contribution is -2.38. The molecule has 3 aromatic rings. The molecule has 0 aliphatic heterocycles. The van der Waals surface area contributed by atoms with Gasteiger partial charge in [-0.05, 0) is 24.6 Å². The molecule has 9 nitrogen and oxygen atoms in total. The summed E-state index contributed by atoms with van der Waals surface area (Å²) in [6.45, 7) is 1.88. The van der Waals surface area contributed by atoms with Gasteiger partial charge in [-0.25, -0.2) is 14.6 Å². The number of thiophene rings is 1. The molecule has 0 fully saturated rings. The summed E-state index contributed by atoms with van der Waals surface area (Å²) in [6, 6.07) is 7.17. The van der Waals surface area contributed by atoms with Crippen LogP contribution in [-0.2, 0) is 18.8 Å². The van der Waals surface area contributed by atoms with Gasteiger partial charge in [0.25, 0.3) is 5.56 Å². The molecule has 1 aromatic carbocycles. The average Bonchev–Trinajstić information content (AvgIpc) is 3.20. The number of carbonyl (C=O) groups is 1. The predicted molar refractivity (Wildman–Crippen MR) is 118 cm³/mol. The van der Waals surface area contributed by atoms with E-state index in [0.29, 0.717) is 16.3 Å². The fraction of sp³-hybridized carbons (Fsp3) is 0.238. The number of hydrogen-bond acceptors (Lipinski definition) is 8. The SMILES string of the molecule is CCOC(=O)c1c(-c2ccc(OC)cc2)csc1N=Cc1c(O)n(C)c(=O)n(C)c1=O. The number of esters is 1. The molecule has 0 radical (unpaired) electrons. The van der Waals surface area contributed by atoms with Crippen molar-refractivity contribution in [3.8, 4) is 22.8 Å². The smallest absolute Gasteiger partial charge is 0.341 e. The second-order valence-corrected chi connectivity index (χ2v) is 7.34. The minimum atomic E-state index is -0.700. The lowest BCUT2D eigenvalue weighted by atomic mass is 10.0. The van der Waals surface area contributed by atoms with Gasteiger partial charge in [0.2, 0.25) is 5.88 Å². The molecule has 0 spiro atoms. The molecule has 0 amide bonds. The van der Waals surface area contributed by atoms with Crippen LogP contribution in [0.4, 0.5) is 5.00 Å². The van der Waals surface area contributed by atoms with Crippen molar-refractivity contribution < 1.29 is 19.4 Å². The van der Waals surface area contributed by atoms with Gasteiger partial charge in [0.15, 0.2) is 0 Å². The van der Waals surface area contributed by atoms with Crippen LogP contribution in [0.5, 0.6) is 11.6 Å². The Morgan fingerprint density at radius 1 is 1.19 bits per heavy atom. The first kappa shape index (κ1) is 22.0. The predicted octanol–water partition coefficient (Wildman–Crippen LogP) is 2.45. The molecule has 3 rings (SSSR count). The van der Waals surface area contributed by atoms with Crippen LogP contribution in [0.15, 0.2) is 44.2 Å². The lowest BCUT2D eigenvalue weighted by molar-refractivity contribution is 0.0529. The molecular weight excluding hydrogens is 422 g/mol. The van der Waals surface area contributed by atoms with E-state index in [1.54, 1.807) is 31.5 Å². The van der Waals surface area contributed by atoms with Gasteiger partial charge < -0.3 is 14.6 Å². The van der Waals surface area contributed by atoms with Gasteiger partial charge in [0, 0.05) is 31.3 Å². The summed E-state index contributed by atoms with van der Waals surface area (Å²) in [5.74, 6) is -0.392. The molecule has 2 heterocycles. The highest BCUT2D eigenvalue weighted by molar-refractivity contribution is 7.14. The van der Waals surface area contributed by atoms with Crippen LogP contribution in [0.1, 0.15) is 22.8 Å². The third-order valence-electron chi connectivity index (χ3n) is 4.63. The minimum Gasteiger partial charge on any atom is -0.497 e. The Balaban J connectivity index is 2.12. The summed E-state index contributed by atoms with van der Waals surface area (Å²) in [7, 11) is 4.21. The maximum absolute atomic E-state index is 12.7. The van der Waals surface area contributed by atoms with Gasteiger partial charge in [-0.3, -0.25) is 13.9 Å². The third kappa shape index (κ3) is 4.15. The van der Waals surface area contributed by atoms with E-state index in [4.69, 9.17) is 9.47 Å². The number of aromatic hydroxyl groups is 1. The molecule has 10 heteroatoms. The number of rotatable bonds is 6. The van der Waals surface area contributed by atoms with Crippen LogP contribution in [0.25, 0.3) is 11.1 Å². The molecular formula is C21H21N3O6S. The number of aromatic nitrogens is 2. The number of hydrogen-bond donors (Lipinski definition) is 1. The molecule has 0 atom stereocenters. The molecule has 0 aliphatic carbocycles. The Kier molecular flexibility index (Phi) is 6.40. The first-order valence-electron chi connectivity index (χ1n) is 9.26. The fourth-order valence-electron chi connectivity index (χ4n) is 2.92. The van der Waals surface area contributed by atoms with E-state index >= 15 is 0 Å². The molecule has 1 N–H and O–H groups in total. The molecule has 0 bridgehead atoms. The standard InChI is InChI=1S/C21H21N3O6S/c1-5-30-20(27)16-15(12-6-8-13(29-4)9-7-12)11-31-17(16)22-10-14-18(25)23(2)21(28)24(3)19(14)26/h6-11,25H,5H2,1-4H3. The highest BCUT2D eigenvalue weighted by Crippen LogP contribution is 2.38. The van der Waals surface area contributed by atoms with Gasteiger partial charge in [0.1, 0.15) is 21.9 Å². The van der Waals surface area contributed by atoms with E-state index in [1.807, 2.05) is 12.1 Å². The van der Waals surface area contributed by atoms with Crippen LogP contribution < -0.4 is 16.0 Å². The normalized spacial score (nSPS) is 11.1. The Morgan fingerprint density at radius 2 is 1.87 bits per heavy atom. The van der Waals surface area contributed by atoms with Crippen molar-refractivity contribution in [3.05, 3.63) is 61.6 Å². The van der Waals surface area contributed by atoms with Crippen LogP contribution in [0.2, 0.25) is 0 Å². The summed E-state index contributed by atoms with van der Waals surface area (Å²) in [5.41, 5.74) is 0.102. The van der Waals surface area contributed by atoms with Gasteiger partial charge >= 0.3 is 11.7 Å². The van der Waals surface area contributed by atoms with Crippen LogP contribution >= 0.6 is 11.3 Å². The number of methoxy groups -OCH3 is 1. The number of benzene rings is 1. The molecule has 0 saturated heterocycles. The van der Waals surface area contributed by atoms with Crippen molar-refractivity contribution in [2.75, 3.05) is 13.7 Å². The number of carbonyl (C=O) groups excluding carboxylic acids is 1. The van der Waals surface area contributed by atoms with Crippen molar-refractivity contribution >= 4 is 28.5 Å². The van der Waals surface area contributed by atoms with Crippen LogP contribution in [-0.4, -0.2) is 40.1 Å². The van der Waals surface area contributed by atoms with Gasteiger partial charge in [0.05, 0.1) is 13.7 Å². The van der Waals surface area contributed by atoms with Crippen molar-refractivity contribution in [1.29, 1.82) is 0 Å². The third-order valence-corrected chi connectivity index (χ3v) is 5.52. The van der Waals surface area contributed by atoms with Gasteiger partial charge in [-0.2, -0.15) is 0 Å². The zero-order chi connectivity index (χ0) is 22.7. The molecule has 162 valence electrons. The monoisotopic (exact) mass is 443 g/mol. The summed E-state index contributed by atoms with van der Waals surface area (Å²) < 4.78 is 12.2. The molecule has 0 saturated carbocycles. The van der Waals surface area contributed by atoms with Crippen molar-refractivity contribution in [1.82, 2.24) is 9.13 Å². The molecule has 2 aromatic heterocycles. The Hall–Kier alpha value is -3.66. The zero-order valence-electron chi connectivity index (χ0n) is 17.4. The van der Waals surface area contributed by atoms with Crippen LogP contribution in [0, 0.1) is 0 Å². The highest BCUT2D eigenvalue weighted by atomic mass is 32.1. The maximum Gasteiger partial charge on any atom is 0.341 e. The van der Waals surface area contributed by atoms with E-state index in [9.17, 15) is 19.5 Å². The quantitative estimate of drug-likeness (QED) is 0.463. The summed E-state index contributed by atoms with van der Waals surface area (Å²) in [6.07, 6.45) is 1.14. The van der Waals surface area contributed by atoms with E-state index < -0.39 is 23.1 Å². The summed E-state index contributed by atoms with van der Waals surface area (Å²) in [4.78, 5) is 41.2. The second kappa shape index (κ2) is 9.00. The maximum atomic E-state index is 12.7.